The minimum atomic E-state index is -1.23. The molecule has 1 aliphatic carbocycles. The number of amides is 1. The molecule has 4 unspecified atom stereocenters. The van der Waals surface area contributed by atoms with Gasteiger partial charge in [0.25, 0.3) is 0 Å². The summed E-state index contributed by atoms with van der Waals surface area (Å²) in [4.78, 5) is 39.1. The molecule has 0 radical (unpaired) electrons. The van der Waals surface area contributed by atoms with E-state index in [1.807, 2.05) is 13.8 Å². The summed E-state index contributed by atoms with van der Waals surface area (Å²) in [7, 11) is 0. The molecule has 152 valence electrons. The highest BCUT2D eigenvalue weighted by molar-refractivity contribution is 9.09. The number of anilines is 1. The molecule has 28 heavy (non-hydrogen) atoms. The van der Waals surface area contributed by atoms with E-state index in [0.29, 0.717) is 24.1 Å². The molecule has 1 amide bonds. The van der Waals surface area contributed by atoms with E-state index < -0.39 is 23.3 Å². The molecule has 2 N–H and O–H groups in total. The fourth-order valence-electron chi connectivity index (χ4n) is 4.96. The largest absolute Gasteiger partial charge is 0.481 e. The van der Waals surface area contributed by atoms with Crippen LogP contribution in [0.25, 0.3) is 0 Å². The second-order valence-electron chi connectivity index (χ2n) is 7.96. The Kier molecular flexibility index (Phi) is 5.84. The van der Waals surface area contributed by atoms with Gasteiger partial charge in [-0.2, -0.15) is 0 Å². The van der Waals surface area contributed by atoms with Crippen LogP contribution in [0.3, 0.4) is 0 Å². The fourth-order valence-corrected chi connectivity index (χ4v) is 6.27. The molecule has 1 fully saturated rings. The van der Waals surface area contributed by atoms with Crippen LogP contribution in [0.4, 0.5) is 5.69 Å². The molecule has 1 heterocycles. The van der Waals surface area contributed by atoms with Gasteiger partial charge in [0.05, 0.1) is 16.7 Å². The zero-order valence-corrected chi connectivity index (χ0v) is 17.7. The van der Waals surface area contributed by atoms with Crippen LogP contribution in [0.2, 0.25) is 0 Å². The average Bonchev–Trinajstić information content (AvgIpc) is 2.84. The maximum Gasteiger partial charge on any atom is 0.338 e. The van der Waals surface area contributed by atoms with E-state index in [1.54, 1.807) is 18.2 Å². The number of nitrogens with zero attached hydrogens (tertiary/aromatic N) is 1. The number of aliphatic carboxylic acids is 1. The molecule has 2 aliphatic rings. The van der Waals surface area contributed by atoms with Crippen LogP contribution in [0, 0.1) is 11.3 Å². The second-order valence-corrected chi connectivity index (χ2v) is 9.14. The zero-order valence-electron chi connectivity index (χ0n) is 16.2. The molecular formula is C21H26BrNO5. The molecule has 0 spiro atoms. The van der Waals surface area contributed by atoms with Gasteiger partial charge < -0.3 is 15.1 Å². The van der Waals surface area contributed by atoms with E-state index in [2.05, 4.69) is 15.9 Å². The molecule has 4 atom stereocenters. The Hall–Kier alpha value is -1.89. The third-order valence-electron chi connectivity index (χ3n) is 6.40. The van der Waals surface area contributed by atoms with Crippen molar-refractivity contribution in [3.63, 3.8) is 0 Å². The van der Waals surface area contributed by atoms with Crippen LogP contribution >= 0.6 is 15.9 Å². The molecule has 0 saturated heterocycles. The number of fused-ring (bicyclic) bond motifs is 4. The summed E-state index contributed by atoms with van der Waals surface area (Å²) in [5, 5.41) is 20.2. The Morgan fingerprint density at radius 1 is 1.25 bits per heavy atom. The summed E-state index contributed by atoms with van der Waals surface area (Å²) in [6.07, 6.45) is 3.46. The summed E-state index contributed by atoms with van der Waals surface area (Å²) >= 11 is 3.62. The van der Waals surface area contributed by atoms with Crippen LogP contribution in [-0.4, -0.2) is 39.4 Å². The monoisotopic (exact) mass is 451 g/mol. The van der Waals surface area contributed by atoms with Crippen molar-refractivity contribution in [1.29, 1.82) is 0 Å². The molecule has 3 rings (SSSR count). The lowest BCUT2D eigenvalue weighted by atomic mass is 9.69. The highest BCUT2D eigenvalue weighted by Gasteiger charge is 2.61. The molecule has 1 aromatic carbocycles. The Bertz CT molecular complexity index is 810. The molecular weight excluding hydrogens is 426 g/mol. The maximum atomic E-state index is 13.1. The van der Waals surface area contributed by atoms with Crippen molar-refractivity contribution in [3.05, 3.63) is 29.3 Å². The quantitative estimate of drug-likeness (QED) is 0.497. The summed E-state index contributed by atoms with van der Waals surface area (Å²) in [5.41, 5.74) is -0.358. The first-order valence-corrected chi connectivity index (χ1v) is 10.7. The Balaban J connectivity index is 2.20. The lowest BCUT2D eigenvalue weighted by molar-refractivity contribution is -0.151. The molecule has 2 bridgehead atoms. The number of carboxylic acids is 2. The summed E-state index contributed by atoms with van der Waals surface area (Å²) in [6, 6.07) is 5.05. The van der Waals surface area contributed by atoms with Crippen LogP contribution in [0.15, 0.2) is 18.2 Å². The highest BCUT2D eigenvalue weighted by Crippen LogP contribution is 2.59. The lowest BCUT2D eigenvalue weighted by Gasteiger charge is -2.37. The van der Waals surface area contributed by atoms with Crippen molar-refractivity contribution >= 4 is 39.5 Å². The second kappa shape index (κ2) is 7.85. The smallest absolute Gasteiger partial charge is 0.338 e. The minimum Gasteiger partial charge on any atom is -0.481 e. The van der Waals surface area contributed by atoms with Crippen molar-refractivity contribution in [3.8, 4) is 0 Å². The van der Waals surface area contributed by atoms with E-state index in [9.17, 15) is 24.6 Å². The van der Waals surface area contributed by atoms with Crippen molar-refractivity contribution in [2.24, 2.45) is 11.3 Å². The predicted octanol–water partition coefficient (Wildman–Crippen LogP) is 4.27. The van der Waals surface area contributed by atoms with Gasteiger partial charge in [-0.25, -0.2) is 4.79 Å². The maximum absolute atomic E-state index is 13.1. The molecule has 1 aromatic rings. The van der Waals surface area contributed by atoms with Gasteiger partial charge >= 0.3 is 11.9 Å². The number of benzene rings is 1. The molecule has 0 aromatic heterocycles. The number of aromatic carboxylic acids is 1. The number of hydrogen-bond donors (Lipinski definition) is 2. The highest BCUT2D eigenvalue weighted by atomic mass is 79.9. The van der Waals surface area contributed by atoms with Crippen LogP contribution in [0.1, 0.15) is 67.8 Å². The van der Waals surface area contributed by atoms with Gasteiger partial charge in [0.15, 0.2) is 0 Å². The first-order valence-electron chi connectivity index (χ1n) is 9.79. The number of carboxylic acid groups (broad SMARTS) is 2. The van der Waals surface area contributed by atoms with Gasteiger partial charge in [-0.15, -0.1) is 0 Å². The summed E-state index contributed by atoms with van der Waals surface area (Å²) < 4.78 is 0. The van der Waals surface area contributed by atoms with Gasteiger partial charge in [0.2, 0.25) is 5.91 Å². The molecule has 1 saturated carbocycles. The molecule has 6 nitrogen and oxygen atoms in total. The lowest BCUT2D eigenvalue weighted by Crippen LogP contribution is -2.49. The standard InChI is InChI=1S/C21H26BrNO5/c1-3-4-5-9-16(24)23-11-21(20(27)28)12(2)10-14(22)18(21)13-7-6-8-15(23)17(13)19(25)26/h6-8,12,14,18H,3-5,9-11H2,1-2H3,(H,25,26)(H,27,28). The number of carbonyl (C=O) groups is 3. The molecule has 7 heteroatoms. The van der Waals surface area contributed by atoms with E-state index in [1.165, 1.54) is 4.90 Å². The summed E-state index contributed by atoms with van der Waals surface area (Å²) in [5.74, 6) is -3.03. The van der Waals surface area contributed by atoms with E-state index in [-0.39, 0.29) is 35.2 Å². The Morgan fingerprint density at radius 2 is 1.96 bits per heavy atom. The fraction of sp³-hybridized carbons (Fsp3) is 0.571. The van der Waals surface area contributed by atoms with Gasteiger partial charge in [-0.05, 0) is 30.4 Å². The Labute approximate surface area is 173 Å². The molecule has 1 aliphatic heterocycles. The number of unbranched alkanes of at least 4 members (excludes halogenated alkanes) is 2. The van der Waals surface area contributed by atoms with E-state index in [4.69, 9.17) is 0 Å². The number of carbonyl (C=O) groups excluding carboxylic acids is 1. The Morgan fingerprint density at radius 3 is 2.57 bits per heavy atom. The van der Waals surface area contributed by atoms with Gasteiger partial charge in [-0.1, -0.05) is 54.8 Å². The van der Waals surface area contributed by atoms with Crippen LogP contribution in [0.5, 0.6) is 0 Å². The SMILES string of the molecule is CCCCCC(=O)N1CC2(C(=O)O)C(C)CC(Br)C2c2cccc1c2C(=O)O. The van der Waals surface area contributed by atoms with Gasteiger partial charge in [0.1, 0.15) is 0 Å². The normalized spacial score (nSPS) is 28.5. The minimum absolute atomic E-state index is 0.00494. The first-order chi connectivity index (χ1) is 13.3. The topological polar surface area (TPSA) is 94.9 Å². The first kappa shape index (κ1) is 20.8. The van der Waals surface area contributed by atoms with Crippen LogP contribution in [-0.2, 0) is 9.59 Å². The third kappa shape index (κ3) is 3.13. The van der Waals surface area contributed by atoms with E-state index >= 15 is 0 Å². The number of halogens is 1. The summed E-state index contributed by atoms with van der Waals surface area (Å²) in [6.45, 7) is 3.92. The predicted molar refractivity (Wildman–Crippen MR) is 109 cm³/mol. The van der Waals surface area contributed by atoms with Crippen molar-refractivity contribution in [1.82, 2.24) is 0 Å². The van der Waals surface area contributed by atoms with Crippen molar-refractivity contribution in [2.45, 2.75) is 56.7 Å². The van der Waals surface area contributed by atoms with Gasteiger partial charge in [0, 0.05) is 23.7 Å². The van der Waals surface area contributed by atoms with Crippen LogP contribution < -0.4 is 4.90 Å². The number of rotatable bonds is 6. The van der Waals surface area contributed by atoms with Crippen molar-refractivity contribution < 1.29 is 24.6 Å². The average molecular weight is 452 g/mol. The third-order valence-corrected chi connectivity index (χ3v) is 7.30. The number of alkyl halides is 1. The van der Waals surface area contributed by atoms with Crippen molar-refractivity contribution in [2.75, 3.05) is 11.4 Å². The zero-order chi connectivity index (χ0) is 20.6. The van der Waals surface area contributed by atoms with Gasteiger partial charge in [-0.3, -0.25) is 9.59 Å². The van der Waals surface area contributed by atoms with E-state index in [0.717, 1.165) is 12.8 Å². The number of hydrogen-bond acceptors (Lipinski definition) is 3.